The van der Waals surface area contributed by atoms with Gasteiger partial charge in [0, 0.05) is 23.7 Å². The van der Waals surface area contributed by atoms with E-state index in [1.54, 1.807) is 13.0 Å². The standard InChI is InChI=1S/C19H16F3N3O3S/c1-12-3-8-15(29(2,27)28)11-16(12)18(26)23-13-4-6-14(7-5-13)25-10-9-17(24-25)19(20,21)22/h3-11H,1-2H3,(H,23,26). The summed E-state index contributed by atoms with van der Waals surface area (Å²) in [5.41, 5.74) is 0.581. The van der Waals surface area contributed by atoms with Crippen molar-refractivity contribution in [2.75, 3.05) is 11.6 Å². The molecule has 0 spiro atoms. The molecule has 0 aliphatic rings. The first-order valence-corrected chi connectivity index (χ1v) is 10.2. The Morgan fingerprint density at radius 3 is 2.28 bits per heavy atom. The van der Waals surface area contributed by atoms with Gasteiger partial charge in [-0.05, 0) is 55.0 Å². The van der Waals surface area contributed by atoms with Gasteiger partial charge < -0.3 is 5.32 Å². The summed E-state index contributed by atoms with van der Waals surface area (Å²) in [5.74, 6) is -0.501. The van der Waals surface area contributed by atoms with E-state index in [1.807, 2.05) is 0 Å². The van der Waals surface area contributed by atoms with Crippen molar-refractivity contribution in [1.29, 1.82) is 0 Å². The molecule has 1 amide bonds. The van der Waals surface area contributed by atoms with E-state index >= 15 is 0 Å². The Balaban J connectivity index is 1.80. The van der Waals surface area contributed by atoms with Crippen molar-refractivity contribution in [3.63, 3.8) is 0 Å². The van der Waals surface area contributed by atoms with Crippen molar-refractivity contribution < 1.29 is 26.4 Å². The number of anilines is 1. The molecule has 0 bridgehead atoms. The van der Waals surface area contributed by atoms with Gasteiger partial charge in [-0.2, -0.15) is 18.3 Å². The van der Waals surface area contributed by atoms with Crippen LogP contribution in [0, 0.1) is 6.92 Å². The molecule has 10 heteroatoms. The second-order valence-corrected chi connectivity index (χ2v) is 8.41. The molecule has 6 nitrogen and oxygen atoms in total. The molecule has 2 aromatic carbocycles. The van der Waals surface area contributed by atoms with Gasteiger partial charge in [-0.1, -0.05) is 6.07 Å². The van der Waals surface area contributed by atoms with Crippen LogP contribution in [0.15, 0.2) is 59.6 Å². The highest BCUT2D eigenvalue weighted by Gasteiger charge is 2.33. The minimum Gasteiger partial charge on any atom is -0.322 e. The van der Waals surface area contributed by atoms with Crippen molar-refractivity contribution in [1.82, 2.24) is 9.78 Å². The molecule has 1 aromatic heterocycles. The zero-order valence-electron chi connectivity index (χ0n) is 15.4. The van der Waals surface area contributed by atoms with E-state index in [0.29, 0.717) is 16.9 Å². The summed E-state index contributed by atoms with van der Waals surface area (Å²) < 4.78 is 62.5. The lowest BCUT2D eigenvalue weighted by Crippen LogP contribution is -2.14. The van der Waals surface area contributed by atoms with Gasteiger partial charge in [-0.3, -0.25) is 4.79 Å². The molecule has 0 radical (unpaired) electrons. The monoisotopic (exact) mass is 423 g/mol. The first-order chi connectivity index (χ1) is 13.4. The van der Waals surface area contributed by atoms with Crippen LogP contribution in [0.1, 0.15) is 21.6 Å². The molecule has 0 aliphatic heterocycles. The van der Waals surface area contributed by atoms with Gasteiger partial charge in [-0.15, -0.1) is 0 Å². The number of rotatable bonds is 4. The Kier molecular flexibility index (Phi) is 5.22. The van der Waals surface area contributed by atoms with Gasteiger partial charge in [0.15, 0.2) is 15.5 Å². The molecule has 0 atom stereocenters. The van der Waals surface area contributed by atoms with Crippen LogP contribution in [0.5, 0.6) is 0 Å². The first-order valence-electron chi connectivity index (χ1n) is 8.30. The van der Waals surface area contributed by atoms with Gasteiger partial charge >= 0.3 is 6.18 Å². The van der Waals surface area contributed by atoms with Gasteiger partial charge in [-0.25, -0.2) is 13.1 Å². The maximum Gasteiger partial charge on any atom is 0.435 e. The fourth-order valence-electron chi connectivity index (χ4n) is 2.59. The summed E-state index contributed by atoms with van der Waals surface area (Å²) >= 11 is 0. The molecule has 3 rings (SSSR count). The first kappa shape index (κ1) is 20.6. The highest BCUT2D eigenvalue weighted by Crippen LogP contribution is 2.28. The maximum atomic E-state index is 12.7. The Morgan fingerprint density at radius 2 is 1.72 bits per heavy atom. The normalized spacial score (nSPS) is 12.0. The highest BCUT2D eigenvalue weighted by atomic mass is 32.2. The number of carbonyl (C=O) groups is 1. The Labute approximate surface area is 164 Å². The number of halogens is 3. The van der Waals surface area contributed by atoms with Crippen LogP contribution in [0.25, 0.3) is 5.69 Å². The average molecular weight is 423 g/mol. The zero-order chi connectivity index (χ0) is 21.4. The summed E-state index contributed by atoms with van der Waals surface area (Å²) in [6.07, 6.45) is -2.29. The van der Waals surface area contributed by atoms with Crippen LogP contribution in [-0.2, 0) is 16.0 Å². The molecular weight excluding hydrogens is 407 g/mol. The fourth-order valence-corrected chi connectivity index (χ4v) is 3.24. The number of aryl methyl sites for hydroxylation is 1. The van der Waals surface area contributed by atoms with E-state index in [0.717, 1.165) is 17.0 Å². The predicted molar refractivity (Wildman–Crippen MR) is 101 cm³/mol. The van der Waals surface area contributed by atoms with E-state index in [2.05, 4.69) is 10.4 Å². The van der Waals surface area contributed by atoms with Gasteiger partial charge in [0.2, 0.25) is 0 Å². The summed E-state index contributed by atoms with van der Waals surface area (Å²) in [6, 6.07) is 11.2. The lowest BCUT2D eigenvalue weighted by molar-refractivity contribution is -0.141. The van der Waals surface area contributed by atoms with Crippen LogP contribution in [0.4, 0.5) is 18.9 Å². The van der Waals surface area contributed by atoms with Crippen molar-refractivity contribution in [3.05, 3.63) is 71.5 Å². The van der Waals surface area contributed by atoms with Crippen LogP contribution < -0.4 is 5.32 Å². The topological polar surface area (TPSA) is 81.1 Å². The molecule has 0 fully saturated rings. The van der Waals surface area contributed by atoms with Crippen LogP contribution in [0.3, 0.4) is 0 Å². The second-order valence-electron chi connectivity index (χ2n) is 6.39. The molecule has 3 aromatic rings. The SMILES string of the molecule is Cc1ccc(S(C)(=O)=O)cc1C(=O)Nc1ccc(-n2ccc(C(F)(F)F)n2)cc1. The minimum absolute atomic E-state index is 0.0303. The van der Waals surface area contributed by atoms with Gasteiger partial charge in [0.1, 0.15) is 0 Å². The van der Waals surface area contributed by atoms with E-state index in [9.17, 15) is 26.4 Å². The molecule has 0 aliphatic carbocycles. The molecule has 29 heavy (non-hydrogen) atoms. The number of aromatic nitrogens is 2. The van der Waals surface area contributed by atoms with E-state index < -0.39 is 27.6 Å². The summed E-state index contributed by atoms with van der Waals surface area (Å²) in [7, 11) is -3.46. The van der Waals surface area contributed by atoms with Crippen molar-refractivity contribution in [3.8, 4) is 5.69 Å². The van der Waals surface area contributed by atoms with E-state index in [-0.39, 0.29) is 10.5 Å². The lowest BCUT2D eigenvalue weighted by atomic mass is 10.1. The molecule has 0 saturated carbocycles. The average Bonchev–Trinajstić information content (AvgIpc) is 3.12. The molecule has 152 valence electrons. The fraction of sp³-hybridized carbons (Fsp3) is 0.158. The third kappa shape index (κ3) is 4.65. The number of nitrogens with zero attached hydrogens (tertiary/aromatic N) is 2. The maximum absolute atomic E-state index is 12.7. The third-order valence-electron chi connectivity index (χ3n) is 4.15. The summed E-state index contributed by atoms with van der Waals surface area (Å²) in [6.45, 7) is 1.68. The number of benzene rings is 2. The quantitative estimate of drug-likeness (QED) is 0.691. The van der Waals surface area contributed by atoms with Crippen molar-refractivity contribution in [2.45, 2.75) is 18.0 Å². The molecular formula is C19H16F3N3O3S. The minimum atomic E-state index is -4.53. The van der Waals surface area contributed by atoms with Crippen molar-refractivity contribution >= 4 is 21.4 Å². The number of hydrogen-bond donors (Lipinski definition) is 1. The van der Waals surface area contributed by atoms with Crippen molar-refractivity contribution in [2.24, 2.45) is 0 Å². The molecule has 0 saturated heterocycles. The number of nitrogens with one attached hydrogen (secondary N) is 1. The number of sulfone groups is 1. The van der Waals surface area contributed by atoms with Crippen LogP contribution in [-0.4, -0.2) is 30.4 Å². The number of alkyl halides is 3. The smallest absolute Gasteiger partial charge is 0.322 e. The molecule has 1 heterocycles. The number of hydrogen-bond acceptors (Lipinski definition) is 4. The Hall–Kier alpha value is -3.14. The van der Waals surface area contributed by atoms with E-state index in [1.165, 1.54) is 42.6 Å². The Morgan fingerprint density at radius 1 is 1.07 bits per heavy atom. The summed E-state index contributed by atoms with van der Waals surface area (Å²) in [4.78, 5) is 12.6. The third-order valence-corrected chi connectivity index (χ3v) is 5.26. The molecule has 1 N–H and O–H groups in total. The predicted octanol–water partition coefficient (Wildman–Crippen LogP) is 3.86. The lowest BCUT2D eigenvalue weighted by Gasteiger charge is -2.10. The van der Waals surface area contributed by atoms with Crippen LogP contribution >= 0.6 is 0 Å². The second kappa shape index (κ2) is 7.36. The van der Waals surface area contributed by atoms with E-state index in [4.69, 9.17) is 0 Å². The summed E-state index contributed by atoms with van der Waals surface area (Å²) in [5, 5.41) is 6.12. The number of carbonyl (C=O) groups excluding carboxylic acids is 1. The highest BCUT2D eigenvalue weighted by molar-refractivity contribution is 7.90. The number of amides is 1. The zero-order valence-corrected chi connectivity index (χ0v) is 16.2. The van der Waals surface area contributed by atoms with Gasteiger partial charge in [0.25, 0.3) is 5.91 Å². The van der Waals surface area contributed by atoms with Gasteiger partial charge in [0.05, 0.1) is 10.6 Å². The largest absolute Gasteiger partial charge is 0.435 e. The Bertz CT molecular complexity index is 1170. The molecule has 0 unspecified atom stereocenters. The van der Waals surface area contributed by atoms with Crippen LogP contribution in [0.2, 0.25) is 0 Å².